The predicted octanol–water partition coefficient (Wildman–Crippen LogP) is 1.90. The van der Waals surface area contributed by atoms with Crippen LogP contribution in [0.2, 0.25) is 0 Å². The first-order chi connectivity index (χ1) is 8.97. The third-order valence-electron chi connectivity index (χ3n) is 3.88. The normalized spacial score (nSPS) is 19.2. The quantitative estimate of drug-likeness (QED) is 0.900. The van der Waals surface area contributed by atoms with Gasteiger partial charge >= 0.3 is 5.97 Å². The van der Waals surface area contributed by atoms with Crippen LogP contribution in [0.4, 0.5) is 5.69 Å². The molecule has 1 aliphatic rings. The molecule has 1 N–H and O–H groups in total. The van der Waals surface area contributed by atoms with Crippen LogP contribution < -0.4 is 4.90 Å². The van der Waals surface area contributed by atoms with Crippen LogP contribution >= 0.6 is 0 Å². The van der Waals surface area contributed by atoms with Crippen molar-refractivity contribution in [3.63, 3.8) is 0 Å². The Morgan fingerprint density at radius 3 is 2.89 bits per heavy atom. The summed E-state index contributed by atoms with van der Waals surface area (Å²) in [4.78, 5) is 15.1. The van der Waals surface area contributed by atoms with Crippen molar-refractivity contribution >= 4 is 11.7 Å². The summed E-state index contributed by atoms with van der Waals surface area (Å²) in [6, 6.07) is 6.83. The molecule has 1 aromatic carbocycles. The van der Waals surface area contributed by atoms with E-state index in [0.29, 0.717) is 6.04 Å². The Morgan fingerprint density at radius 2 is 2.21 bits per heavy atom. The summed E-state index contributed by atoms with van der Waals surface area (Å²) in [5.74, 6) is -0.757. The molecule has 0 bridgehead atoms. The Morgan fingerprint density at radius 1 is 1.47 bits per heavy atom. The molecular formula is C15H22N2O2. The lowest BCUT2D eigenvalue weighted by Crippen LogP contribution is -2.38. The largest absolute Gasteiger partial charge is 0.480 e. The summed E-state index contributed by atoms with van der Waals surface area (Å²) in [5.41, 5.74) is 3.83. The van der Waals surface area contributed by atoms with E-state index < -0.39 is 5.97 Å². The van der Waals surface area contributed by atoms with E-state index in [2.05, 4.69) is 36.9 Å². The fourth-order valence-corrected chi connectivity index (χ4v) is 2.72. The van der Waals surface area contributed by atoms with Gasteiger partial charge in [-0.25, -0.2) is 0 Å². The number of carboxylic acids is 1. The van der Waals surface area contributed by atoms with Crippen molar-refractivity contribution in [2.24, 2.45) is 0 Å². The van der Waals surface area contributed by atoms with Gasteiger partial charge in [-0.1, -0.05) is 12.1 Å². The van der Waals surface area contributed by atoms with Gasteiger partial charge < -0.3 is 10.0 Å². The van der Waals surface area contributed by atoms with E-state index in [-0.39, 0.29) is 6.54 Å². The molecule has 4 heteroatoms. The van der Waals surface area contributed by atoms with Crippen molar-refractivity contribution in [2.45, 2.75) is 26.3 Å². The molecule has 1 heterocycles. The maximum atomic E-state index is 10.8. The zero-order chi connectivity index (χ0) is 14.0. The van der Waals surface area contributed by atoms with E-state index in [1.54, 1.807) is 0 Å². The van der Waals surface area contributed by atoms with Gasteiger partial charge in [-0.3, -0.25) is 9.69 Å². The summed E-state index contributed by atoms with van der Waals surface area (Å²) in [6.45, 7) is 6.26. The highest BCUT2D eigenvalue weighted by molar-refractivity contribution is 5.69. The molecule has 1 atom stereocenters. The number of nitrogens with zero attached hydrogens (tertiary/aromatic N) is 2. The standard InChI is InChI=1S/C15H22N2O2/c1-11-4-5-12(2)14(8-11)17-7-6-13(9-17)16(3)10-15(18)19/h4-5,8,13H,6-7,9-10H2,1-3H3,(H,18,19). The minimum absolute atomic E-state index is 0.116. The van der Waals surface area contributed by atoms with Crippen molar-refractivity contribution in [1.82, 2.24) is 4.90 Å². The molecule has 1 saturated heterocycles. The van der Waals surface area contributed by atoms with Crippen molar-refractivity contribution in [2.75, 3.05) is 31.6 Å². The highest BCUT2D eigenvalue weighted by Gasteiger charge is 2.27. The van der Waals surface area contributed by atoms with Gasteiger partial charge in [0.25, 0.3) is 0 Å². The lowest BCUT2D eigenvalue weighted by molar-refractivity contribution is -0.138. The summed E-state index contributed by atoms with van der Waals surface area (Å²) >= 11 is 0. The summed E-state index contributed by atoms with van der Waals surface area (Å²) in [5, 5.41) is 8.85. The summed E-state index contributed by atoms with van der Waals surface area (Å²) in [6.07, 6.45) is 1.02. The number of likely N-dealkylation sites (N-methyl/N-ethyl adjacent to an activating group) is 1. The molecule has 1 aliphatic heterocycles. The molecule has 0 amide bonds. The van der Waals surface area contributed by atoms with Crippen LogP contribution in [0, 0.1) is 13.8 Å². The van der Waals surface area contributed by atoms with Crippen LogP contribution in [-0.2, 0) is 4.79 Å². The number of anilines is 1. The number of carbonyl (C=O) groups is 1. The Bertz CT molecular complexity index is 473. The third kappa shape index (κ3) is 3.26. The minimum Gasteiger partial charge on any atom is -0.480 e. The topological polar surface area (TPSA) is 43.8 Å². The monoisotopic (exact) mass is 262 g/mol. The Labute approximate surface area is 114 Å². The molecule has 0 radical (unpaired) electrons. The number of hydrogen-bond acceptors (Lipinski definition) is 3. The van der Waals surface area contributed by atoms with Gasteiger partial charge in [0.1, 0.15) is 0 Å². The second-order valence-electron chi connectivity index (χ2n) is 5.49. The molecule has 2 rings (SSSR count). The smallest absolute Gasteiger partial charge is 0.317 e. The lowest BCUT2D eigenvalue weighted by atomic mass is 10.1. The Kier molecular flexibility index (Phi) is 4.10. The van der Waals surface area contributed by atoms with E-state index in [4.69, 9.17) is 5.11 Å². The van der Waals surface area contributed by atoms with E-state index in [1.807, 2.05) is 11.9 Å². The number of aryl methyl sites for hydroxylation is 2. The summed E-state index contributed by atoms with van der Waals surface area (Å²) in [7, 11) is 1.89. The number of rotatable bonds is 4. The van der Waals surface area contributed by atoms with Crippen LogP contribution in [0.5, 0.6) is 0 Å². The molecular weight excluding hydrogens is 240 g/mol. The maximum absolute atomic E-state index is 10.8. The van der Waals surface area contributed by atoms with Crippen LogP contribution in [0.15, 0.2) is 18.2 Å². The minimum atomic E-state index is -0.757. The van der Waals surface area contributed by atoms with Gasteiger partial charge in [-0.05, 0) is 44.5 Å². The average molecular weight is 262 g/mol. The summed E-state index contributed by atoms with van der Waals surface area (Å²) < 4.78 is 0. The van der Waals surface area contributed by atoms with E-state index in [1.165, 1.54) is 16.8 Å². The molecule has 1 unspecified atom stereocenters. The molecule has 104 valence electrons. The highest BCUT2D eigenvalue weighted by Crippen LogP contribution is 2.26. The number of hydrogen-bond donors (Lipinski definition) is 1. The maximum Gasteiger partial charge on any atom is 0.317 e. The molecule has 4 nitrogen and oxygen atoms in total. The van der Waals surface area contributed by atoms with Gasteiger partial charge in [0.15, 0.2) is 0 Å². The van der Waals surface area contributed by atoms with Gasteiger partial charge in [0, 0.05) is 24.8 Å². The Balaban J connectivity index is 2.05. The van der Waals surface area contributed by atoms with Gasteiger partial charge in [-0.15, -0.1) is 0 Å². The number of benzene rings is 1. The zero-order valence-electron chi connectivity index (χ0n) is 11.9. The van der Waals surface area contributed by atoms with Crippen LogP contribution in [0.1, 0.15) is 17.5 Å². The molecule has 1 fully saturated rings. The predicted molar refractivity (Wildman–Crippen MR) is 76.8 cm³/mol. The van der Waals surface area contributed by atoms with Gasteiger partial charge in [0.05, 0.1) is 6.54 Å². The molecule has 0 saturated carbocycles. The molecule has 19 heavy (non-hydrogen) atoms. The van der Waals surface area contributed by atoms with Gasteiger partial charge in [-0.2, -0.15) is 0 Å². The van der Waals surface area contributed by atoms with Crippen molar-refractivity contribution in [1.29, 1.82) is 0 Å². The van der Waals surface area contributed by atoms with Crippen molar-refractivity contribution < 1.29 is 9.90 Å². The molecule has 0 aromatic heterocycles. The van der Waals surface area contributed by atoms with Crippen LogP contribution in [0.3, 0.4) is 0 Å². The van der Waals surface area contributed by atoms with Crippen LogP contribution in [0.25, 0.3) is 0 Å². The van der Waals surface area contributed by atoms with Crippen LogP contribution in [-0.4, -0.2) is 48.7 Å². The molecule has 1 aromatic rings. The van der Waals surface area contributed by atoms with E-state index in [0.717, 1.165) is 19.5 Å². The first-order valence-corrected chi connectivity index (χ1v) is 6.71. The van der Waals surface area contributed by atoms with E-state index >= 15 is 0 Å². The fourth-order valence-electron chi connectivity index (χ4n) is 2.72. The molecule has 0 aliphatic carbocycles. The number of aliphatic carboxylic acids is 1. The Hall–Kier alpha value is -1.55. The zero-order valence-corrected chi connectivity index (χ0v) is 11.9. The lowest BCUT2D eigenvalue weighted by Gasteiger charge is -2.25. The second kappa shape index (κ2) is 5.61. The van der Waals surface area contributed by atoms with Gasteiger partial charge in [0.2, 0.25) is 0 Å². The highest BCUT2D eigenvalue weighted by atomic mass is 16.4. The average Bonchev–Trinajstić information content (AvgIpc) is 2.80. The third-order valence-corrected chi connectivity index (χ3v) is 3.88. The fraction of sp³-hybridized carbons (Fsp3) is 0.533. The second-order valence-corrected chi connectivity index (χ2v) is 5.49. The van der Waals surface area contributed by atoms with Crippen molar-refractivity contribution in [3.8, 4) is 0 Å². The first kappa shape index (κ1) is 13.9. The number of carboxylic acid groups (broad SMARTS) is 1. The SMILES string of the molecule is Cc1ccc(C)c(N2CCC(N(C)CC(=O)O)C2)c1. The van der Waals surface area contributed by atoms with E-state index in [9.17, 15) is 4.79 Å². The van der Waals surface area contributed by atoms with Crippen molar-refractivity contribution in [3.05, 3.63) is 29.3 Å². The molecule has 0 spiro atoms. The first-order valence-electron chi connectivity index (χ1n) is 6.71.